The van der Waals surface area contributed by atoms with Gasteiger partial charge in [0.2, 0.25) is 9.58 Å². The Labute approximate surface area is 244 Å². The van der Waals surface area contributed by atoms with E-state index >= 15 is 0 Å². The molecule has 0 radical (unpaired) electrons. The highest BCUT2D eigenvalue weighted by Crippen LogP contribution is 2.63. The number of esters is 1. The first-order valence-electron chi connectivity index (χ1n) is 12.1. The summed E-state index contributed by atoms with van der Waals surface area (Å²) in [7, 11) is 1.10. The molecular formula is C26H24Cl3N3O8. The van der Waals surface area contributed by atoms with Crippen LogP contribution in [0.3, 0.4) is 0 Å². The first-order valence-corrected chi connectivity index (χ1v) is 13.3. The van der Waals surface area contributed by atoms with E-state index in [0.717, 1.165) is 21.8 Å². The molecule has 0 aromatic heterocycles. The molecule has 3 aliphatic rings. The van der Waals surface area contributed by atoms with Crippen LogP contribution in [0.15, 0.2) is 54.6 Å². The zero-order chi connectivity index (χ0) is 29.0. The van der Waals surface area contributed by atoms with Crippen LogP contribution >= 0.6 is 34.8 Å². The summed E-state index contributed by atoms with van der Waals surface area (Å²) in [4.78, 5) is 57.4. The van der Waals surface area contributed by atoms with E-state index in [1.807, 2.05) is 0 Å². The van der Waals surface area contributed by atoms with Crippen molar-refractivity contribution in [1.29, 1.82) is 0 Å². The van der Waals surface area contributed by atoms with Crippen molar-refractivity contribution in [3.05, 3.63) is 65.7 Å². The van der Waals surface area contributed by atoms with Crippen molar-refractivity contribution < 1.29 is 38.5 Å². The molecule has 0 bridgehead atoms. The standard InChI is InChI=1S/C26H24Cl3N3O8/c1-15-20(33)31-18-11-7-6-10-17(18)24(37)12-19(21(34)38-2)32(23(36)40-14-25(27,28)29)26(24,31)30(15)22(35)39-13-16-8-4-3-5-9-16/h3-11,15,19,37H,12-14H2,1-2H3/t15-,19+,24-,26-/m0/s1. The maximum atomic E-state index is 13.9. The van der Waals surface area contributed by atoms with Gasteiger partial charge in [-0.05, 0) is 18.6 Å². The summed E-state index contributed by atoms with van der Waals surface area (Å²) in [5, 5.41) is 12.5. The van der Waals surface area contributed by atoms with Crippen molar-refractivity contribution in [3.8, 4) is 0 Å². The van der Waals surface area contributed by atoms with Gasteiger partial charge in [0.25, 0.3) is 5.91 Å². The molecule has 0 saturated carbocycles. The Bertz CT molecular complexity index is 1370. The highest BCUT2D eigenvalue weighted by molar-refractivity contribution is 6.67. The molecule has 3 amide bonds. The molecule has 2 fully saturated rings. The fraction of sp³-hybridized carbons (Fsp3) is 0.385. The molecule has 3 aliphatic heterocycles. The Balaban J connectivity index is 1.68. The summed E-state index contributed by atoms with van der Waals surface area (Å²) in [6, 6.07) is 12.4. The van der Waals surface area contributed by atoms with Crippen LogP contribution in [0.2, 0.25) is 0 Å². The molecule has 5 rings (SSSR count). The molecule has 11 nitrogen and oxygen atoms in total. The number of benzene rings is 2. The first kappa shape index (κ1) is 28.3. The Morgan fingerprint density at radius 2 is 1.62 bits per heavy atom. The second kappa shape index (κ2) is 9.99. The fourth-order valence-corrected chi connectivity index (χ4v) is 5.99. The third kappa shape index (κ3) is 4.06. The first-order chi connectivity index (χ1) is 18.9. The number of methoxy groups -OCH3 is 1. The number of fused-ring (bicyclic) bond motifs is 3. The quantitative estimate of drug-likeness (QED) is 0.315. The highest BCUT2D eigenvalue weighted by atomic mass is 35.6. The van der Waals surface area contributed by atoms with Gasteiger partial charge < -0.3 is 19.3 Å². The van der Waals surface area contributed by atoms with Crippen LogP contribution in [-0.4, -0.2) is 74.3 Å². The third-order valence-corrected chi connectivity index (χ3v) is 7.65. The van der Waals surface area contributed by atoms with Crippen molar-refractivity contribution in [3.63, 3.8) is 0 Å². The van der Waals surface area contributed by atoms with E-state index in [-0.39, 0.29) is 17.9 Å². The van der Waals surface area contributed by atoms with Crippen LogP contribution < -0.4 is 4.90 Å². The second-order valence-electron chi connectivity index (χ2n) is 9.56. The molecule has 3 heterocycles. The number of aliphatic hydroxyl groups is 1. The van der Waals surface area contributed by atoms with Crippen LogP contribution in [0, 0.1) is 0 Å². The Morgan fingerprint density at radius 1 is 1.00 bits per heavy atom. The van der Waals surface area contributed by atoms with E-state index in [0.29, 0.717) is 5.56 Å². The number of carbonyl (C=O) groups is 4. The summed E-state index contributed by atoms with van der Waals surface area (Å²) >= 11 is 17.4. The van der Waals surface area contributed by atoms with Gasteiger partial charge in [-0.1, -0.05) is 83.3 Å². The zero-order valence-electron chi connectivity index (χ0n) is 21.3. The van der Waals surface area contributed by atoms with E-state index in [4.69, 9.17) is 49.0 Å². The van der Waals surface area contributed by atoms with Crippen LogP contribution in [0.25, 0.3) is 0 Å². The molecule has 1 spiro atoms. The number of likely N-dealkylation sites (tertiary alicyclic amines) is 1. The van der Waals surface area contributed by atoms with Gasteiger partial charge in [0.1, 0.15) is 25.3 Å². The van der Waals surface area contributed by atoms with Crippen LogP contribution in [0.5, 0.6) is 0 Å². The number of alkyl halides is 3. The Hall–Kier alpha value is -3.25. The van der Waals surface area contributed by atoms with Gasteiger partial charge in [0.05, 0.1) is 12.8 Å². The minimum Gasteiger partial charge on any atom is -0.467 e. The lowest BCUT2D eigenvalue weighted by molar-refractivity contribution is -0.150. The average Bonchev–Trinajstić information content (AvgIpc) is 3.42. The van der Waals surface area contributed by atoms with E-state index < -0.39 is 64.4 Å². The number of ether oxygens (including phenoxy) is 3. The topological polar surface area (TPSA) is 126 Å². The lowest BCUT2D eigenvalue weighted by Crippen LogP contribution is -2.72. The van der Waals surface area contributed by atoms with Gasteiger partial charge in [0, 0.05) is 12.0 Å². The van der Waals surface area contributed by atoms with Crippen molar-refractivity contribution in [2.45, 2.75) is 47.2 Å². The Morgan fingerprint density at radius 3 is 2.27 bits per heavy atom. The molecule has 40 heavy (non-hydrogen) atoms. The van der Waals surface area contributed by atoms with Crippen LogP contribution in [-0.2, 0) is 36.0 Å². The smallest absolute Gasteiger partial charge is 0.414 e. The maximum absolute atomic E-state index is 13.9. The number of hydrogen-bond acceptors (Lipinski definition) is 8. The molecule has 0 unspecified atom stereocenters. The molecule has 1 N–H and O–H groups in total. The van der Waals surface area contributed by atoms with Gasteiger partial charge in [-0.3, -0.25) is 14.6 Å². The van der Waals surface area contributed by atoms with Gasteiger partial charge >= 0.3 is 18.2 Å². The lowest BCUT2D eigenvalue weighted by atomic mass is 9.87. The number of nitrogens with zero attached hydrogens (tertiary/aromatic N) is 3. The summed E-state index contributed by atoms with van der Waals surface area (Å²) in [6.45, 7) is 0.527. The van der Waals surface area contributed by atoms with E-state index in [2.05, 4.69) is 0 Å². The molecule has 2 aromatic rings. The van der Waals surface area contributed by atoms with Crippen molar-refractivity contribution in [2.75, 3.05) is 18.6 Å². The highest BCUT2D eigenvalue weighted by Gasteiger charge is 2.82. The molecule has 212 valence electrons. The number of amides is 3. The zero-order valence-corrected chi connectivity index (χ0v) is 23.5. The van der Waals surface area contributed by atoms with E-state index in [9.17, 15) is 24.3 Å². The normalized spacial score (nSPS) is 26.8. The molecule has 2 saturated heterocycles. The van der Waals surface area contributed by atoms with Gasteiger partial charge in [-0.15, -0.1) is 0 Å². The summed E-state index contributed by atoms with van der Waals surface area (Å²) in [6.07, 6.45) is -2.71. The molecule has 14 heteroatoms. The fourth-order valence-electron chi connectivity index (χ4n) is 5.82. The number of hydrogen-bond donors (Lipinski definition) is 1. The van der Waals surface area contributed by atoms with Gasteiger partial charge in [0.15, 0.2) is 5.60 Å². The number of halogens is 3. The summed E-state index contributed by atoms with van der Waals surface area (Å²) in [5.41, 5.74) is -1.07. The van der Waals surface area contributed by atoms with Crippen molar-refractivity contribution in [1.82, 2.24) is 9.80 Å². The molecule has 4 atom stereocenters. The molecular weight excluding hydrogens is 589 g/mol. The lowest BCUT2D eigenvalue weighted by Gasteiger charge is -2.47. The molecule has 2 aromatic carbocycles. The van der Waals surface area contributed by atoms with Gasteiger partial charge in [-0.2, -0.15) is 0 Å². The van der Waals surface area contributed by atoms with Crippen molar-refractivity contribution >= 4 is 64.6 Å². The number of anilines is 1. The van der Waals surface area contributed by atoms with Gasteiger partial charge in [-0.25, -0.2) is 19.3 Å². The minimum atomic E-state index is -2.31. The second-order valence-corrected chi connectivity index (χ2v) is 12.1. The minimum absolute atomic E-state index is 0.170. The number of rotatable bonds is 4. The summed E-state index contributed by atoms with van der Waals surface area (Å²) in [5.74, 6) is -3.88. The third-order valence-electron chi connectivity index (χ3n) is 7.33. The van der Waals surface area contributed by atoms with Crippen LogP contribution in [0.4, 0.5) is 15.3 Å². The van der Waals surface area contributed by atoms with Crippen molar-refractivity contribution in [2.24, 2.45) is 0 Å². The number of carbonyl (C=O) groups excluding carboxylic acids is 4. The maximum Gasteiger partial charge on any atom is 0.414 e. The monoisotopic (exact) mass is 611 g/mol. The predicted molar refractivity (Wildman–Crippen MR) is 142 cm³/mol. The van der Waals surface area contributed by atoms with Crippen LogP contribution in [0.1, 0.15) is 24.5 Å². The molecule has 0 aliphatic carbocycles. The Kier molecular flexibility index (Phi) is 7.06. The largest absolute Gasteiger partial charge is 0.467 e. The summed E-state index contributed by atoms with van der Waals surface area (Å²) < 4.78 is 13.8. The number of para-hydroxylation sites is 1. The predicted octanol–water partition coefficient (Wildman–Crippen LogP) is 3.67. The SMILES string of the molecule is COC(=O)[C@H]1C[C@]2(O)c3ccccc3N3C(=O)[C@H](C)N(C(=O)OCc4ccccc4)[C@]32N1C(=O)OCC(Cl)(Cl)Cl. The average molecular weight is 613 g/mol. The van der Waals surface area contributed by atoms with E-state index in [1.165, 1.54) is 6.92 Å². The van der Waals surface area contributed by atoms with E-state index in [1.54, 1.807) is 54.6 Å².